The van der Waals surface area contributed by atoms with Gasteiger partial charge in [-0.15, -0.1) is 0 Å². The maximum Gasteiger partial charge on any atom is 0.389 e. The van der Waals surface area contributed by atoms with Gasteiger partial charge in [0.1, 0.15) is 16.9 Å². The van der Waals surface area contributed by atoms with Crippen LogP contribution in [0.25, 0.3) is 33.6 Å². The number of benzene rings is 1. The number of amides is 2. The number of nitriles is 1. The van der Waals surface area contributed by atoms with Crippen LogP contribution in [-0.2, 0) is 6.42 Å². The molecule has 2 N–H and O–H groups in total. The van der Waals surface area contributed by atoms with Crippen LogP contribution in [0.2, 0.25) is 0 Å². The number of rotatable bonds is 8. The lowest BCUT2D eigenvalue weighted by atomic mass is 9.97. The highest BCUT2D eigenvalue weighted by atomic mass is 19.4. The molecule has 4 aromatic rings. The lowest BCUT2D eigenvalue weighted by Crippen LogP contribution is -2.45. The summed E-state index contributed by atoms with van der Waals surface area (Å²) in [5.74, 6) is -0.862. The number of alkyl halides is 3. The molecule has 0 saturated heterocycles. The number of aromatic nitrogens is 2. The van der Waals surface area contributed by atoms with E-state index >= 15 is 0 Å². The maximum atomic E-state index is 13.4. The molecule has 0 spiro atoms. The van der Waals surface area contributed by atoms with Crippen LogP contribution >= 0.6 is 0 Å². The van der Waals surface area contributed by atoms with E-state index in [4.69, 9.17) is 9.15 Å². The molecular formula is C32H30F3N5O4. The summed E-state index contributed by atoms with van der Waals surface area (Å²) in [7, 11) is 2.80. The van der Waals surface area contributed by atoms with E-state index in [1.165, 1.54) is 26.4 Å². The number of pyridine rings is 2. The monoisotopic (exact) mass is 605 g/mol. The zero-order chi connectivity index (χ0) is 31.6. The number of furan rings is 1. The van der Waals surface area contributed by atoms with Crippen LogP contribution in [0.1, 0.15) is 64.1 Å². The smallest absolute Gasteiger partial charge is 0.389 e. The number of hydrogen-bond donors (Lipinski definition) is 2. The van der Waals surface area contributed by atoms with Crippen LogP contribution in [0, 0.1) is 18.3 Å². The first-order chi connectivity index (χ1) is 21.0. The van der Waals surface area contributed by atoms with Crippen molar-refractivity contribution in [3.8, 4) is 34.4 Å². The van der Waals surface area contributed by atoms with Gasteiger partial charge in [-0.2, -0.15) is 18.4 Å². The first-order valence-corrected chi connectivity index (χ1v) is 14.1. The molecule has 3 heterocycles. The Kier molecular flexibility index (Phi) is 8.32. The lowest BCUT2D eigenvalue weighted by molar-refractivity contribution is -0.134. The topological polar surface area (TPSA) is 130 Å². The molecule has 1 aliphatic rings. The second-order valence-electron chi connectivity index (χ2n) is 10.8. The molecule has 12 heteroatoms. The summed E-state index contributed by atoms with van der Waals surface area (Å²) in [5.41, 5.74) is 1.29. The molecule has 9 nitrogen and oxygen atoms in total. The van der Waals surface area contributed by atoms with Crippen LogP contribution in [0.5, 0.6) is 5.88 Å². The highest BCUT2D eigenvalue weighted by Gasteiger charge is 2.36. The summed E-state index contributed by atoms with van der Waals surface area (Å²) < 4.78 is 51.5. The second-order valence-corrected chi connectivity index (χ2v) is 10.8. The van der Waals surface area contributed by atoms with Crippen molar-refractivity contribution in [3.05, 3.63) is 65.0 Å². The van der Waals surface area contributed by atoms with Crippen molar-refractivity contribution in [2.24, 2.45) is 0 Å². The van der Waals surface area contributed by atoms with Crippen LogP contribution in [-0.4, -0.2) is 47.7 Å². The van der Waals surface area contributed by atoms with Gasteiger partial charge < -0.3 is 19.8 Å². The Labute approximate surface area is 251 Å². The van der Waals surface area contributed by atoms with Crippen LogP contribution in [0.15, 0.2) is 47.0 Å². The summed E-state index contributed by atoms with van der Waals surface area (Å²) in [6.45, 7) is 1.91. The van der Waals surface area contributed by atoms with E-state index in [1.807, 2.05) is 19.1 Å². The average molecular weight is 606 g/mol. The van der Waals surface area contributed by atoms with Gasteiger partial charge in [-0.05, 0) is 51.2 Å². The highest BCUT2D eigenvalue weighted by Crippen LogP contribution is 2.38. The van der Waals surface area contributed by atoms with E-state index in [9.17, 15) is 28.0 Å². The Hall–Kier alpha value is -4.92. The predicted octanol–water partition coefficient (Wildman–Crippen LogP) is 6.29. The molecular weight excluding hydrogens is 575 g/mol. The Morgan fingerprint density at radius 2 is 1.82 bits per heavy atom. The molecule has 3 aromatic heterocycles. The summed E-state index contributed by atoms with van der Waals surface area (Å²) in [6.07, 6.45) is -2.17. The molecule has 0 aliphatic heterocycles. The van der Waals surface area contributed by atoms with Crippen molar-refractivity contribution in [2.75, 3.05) is 14.2 Å². The number of carbonyl (C=O) groups excluding carboxylic acids is 2. The Morgan fingerprint density at radius 1 is 1.11 bits per heavy atom. The van der Waals surface area contributed by atoms with Gasteiger partial charge in [0.25, 0.3) is 11.8 Å². The van der Waals surface area contributed by atoms with Gasteiger partial charge in [0.15, 0.2) is 0 Å². The third-order valence-corrected chi connectivity index (χ3v) is 7.80. The Balaban J connectivity index is 1.69. The van der Waals surface area contributed by atoms with E-state index in [2.05, 4.69) is 26.7 Å². The number of methoxy groups -OCH3 is 1. The van der Waals surface area contributed by atoms with Crippen molar-refractivity contribution in [1.82, 2.24) is 20.6 Å². The lowest BCUT2D eigenvalue weighted by Gasteiger charge is -2.22. The van der Waals surface area contributed by atoms with Crippen molar-refractivity contribution in [1.29, 1.82) is 5.26 Å². The molecule has 0 unspecified atom stereocenters. The van der Waals surface area contributed by atoms with Crippen molar-refractivity contribution >= 4 is 22.9 Å². The zero-order valence-electron chi connectivity index (χ0n) is 24.4. The molecule has 228 valence electrons. The molecule has 1 saturated carbocycles. The van der Waals surface area contributed by atoms with Gasteiger partial charge in [0, 0.05) is 36.4 Å². The van der Waals surface area contributed by atoms with E-state index in [0.29, 0.717) is 18.4 Å². The van der Waals surface area contributed by atoms with E-state index in [-0.39, 0.29) is 50.7 Å². The fourth-order valence-electron chi connectivity index (χ4n) is 5.47. The predicted molar refractivity (Wildman–Crippen MR) is 156 cm³/mol. The largest absolute Gasteiger partial charge is 0.480 e. The Morgan fingerprint density at radius 3 is 2.43 bits per heavy atom. The number of nitrogens with zero attached hydrogens (tertiary/aromatic N) is 3. The summed E-state index contributed by atoms with van der Waals surface area (Å²) in [6, 6.07) is 12.4. The van der Waals surface area contributed by atoms with Crippen molar-refractivity contribution in [2.45, 2.75) is 57.2 Å². The molecule has 0 radical (unpaired) electrons. The standard InChI is InChI=1S/C32H30F3N5O4/c1-18-6-8-19(9-7-18)26-25(28(42)37-2)22-15-21(24(39-30(22)44-26)10-13-32(33,34)35)20-14-23(29(43-3)38-16-20)27(41)40-31(17-36)11-4-5-12-31/h6-9,14-16H,4-5,10-13H2,1-3H3,(H,37,42)(H,40,41). The fourth-order valence-corrected chi connectivity index (χ4v) is 5.47. The maximum absolute atomic E-state index is 13.4. The number of nitrogens with one attached hydrogen (secondary N) is 2. The normalized spacial score (nSPS) is 14.3. The molecule has 1 aliphatic carbocycles. The number of halogens is 3. The molecule has 1 fully saturated rings. The fraction of sp³-hybridized carbons (Fsp3) is 0.344. The van der Waals surface area contributed by atoms with E-state index < -0.39 is 36.4 Å². The minimum atomic E-state index is -4.46. The zero-order valence-corrected chi connectivity index (χ0v) is 24.4. The van der Waals surface area contributed by atoms with Gasteiger partial charge in [-0.25, -0.2) is 9.97 Å². The molecule has 44 heavy (non-hydrogen) atoms. The number of carbonyl (C=O) groups is 2. The Bertz CT molecular complexity index is 1770. The summed E-state index contributed by atoms with van der Waals surface area (Å²) >= 11 is 0. The minimum absolute atomic E-state index is 0.00303. The van der Waals surface area contributed by atoms with E-state index in [1.54, 1.807) is 18.2 Å². The van der Waals surface area contributed by atoms with Gasteiger partial charge >= 0.3 is 6.18 Å². The number of aryl methyl sites for hydroxylation is 2. The van der Waals surface area contributed by atoms with Gasteiger partial charge in [-0.1, -0.05) is 29.8 Å². The van der Waals surface area contributed by atoms with Crippen molar-refractivity contribution in [3.63, 3.8) is 0 Å². The van der Waals surface area contributed by atoms with Gasteiger partial charge in [0.05, 0.1) is 29.8 Å². The van der Waals surface area contributed by atoms with E-state index in [0.717, 1.165) is 18.4 Å². The van der Waals surface area contributed by atoms with Gasteiger partial charge in [0.2, 0.25) is 11.6 Å². The van der Waals surface area contributed by atoms with Gasteiger partial charge in [-0.3, -0.25) is 9.59 Å². The quantitative estimate of drug-likeness (QED) is 0.241. The van der Waals surface area contributed by atoms with Crippen LogP contribution < -0.4 is 15.4 Å². The number of ether oxygens (including phenoxy) is 1. The highest BCUT2D eigenvalue weighted by molar-refractivity contribution is 6.11. The first-order valence-electron chi connectivity index (χ1n) is 14.1. The van der Waals surface area contributed by atoms with Crippen molar-refractivity contribution < 1.29 is 31.9 Å². The summed E-state index contributed by atoms with van der Waals surface area (Å²) in [4.78, 5) is 35.3. The molecule has 0 atom stereocenters. The number of fused-ring (bicyclic) bond motifs is 1. The molecule has 1 aromatic carbocycles. The minimum Gasteiger partial charge on any atom is -0.480 e. The summed E-state index contributed by atoms with van der Waals surface area (Å²) in [5, 5.41) is 15.5. The first kappa shape index (κ1) is 30.5. The third kappa shape index (κ3) is 6.08. The van der Waals surface area contributed by atoms with Crippen LogP contribution in [0.3, 0.4) is 0 Å². The van der Waals surface area contributed by atoms with Crippen LogP contribution in [0.4, 0.5) is 13.2 Å². The second kappa shape index (κ2) is 12.0. The number of hydrogen-bond acceptors (Lipinski definition) is 7. The molecule has 5 rings (SSSR count). The molecule has 2 amide bonds. The third-order valence-electron chi connectivity index (χ3n) is 7.80. The average Bonchev–Trinajstić information content (AvgIpc) is 3.63. The molecule has 0 bridgehead atoms. The SMILES string of the molecule is CNC(=O)c1c(-c2ccc(C)cc2)oc2nc(CCC(F)(F)F)c(-c3cnc(OC)c(C(=O)NC4(C#N)CCCC4)c3)cc12.